The molecule has 0 fully saturated rings. The molecule has 0 aromatic carbocycles. The van der Waals surface area contributed by atoms with Crippen LogP contribution in [0.3, 0.4) is 0 Å². The van der Waals surface area contributed by atoms with Crippen molar-refractivity contribution in [3.05, 3.63) is 11.8 Å². The van der Waals surface area contributed by atoms with E-state index in [1.54, 1.807) is 6.26 Å². The van der Waals surface area contributed by atoms with E-state index in [1.807, 2.05) is 13.8 Å². The highest BCUT2D eigenvalue weighted by Gasteiger charge is 2.41. The number of ether oxygens (including phenoxy) is 2. The van der Waals surface area contributed by atoms with Gasteiger partial charge in [0.15, 0.2) is 0 Å². The lowest BCUT2D eigenvalue weighted by Gasteiger charge is -2.38. The van der Waals surface area contributed by atoms with Gasteiger partial charge in [0.1, 0.15) is 14.3 Å². The second-order valence-corrected chi connectivity index (χ2v) is 12.7. The summed E-state index contributed by atoms with van der Waals surface area (Å²) in [5.74, 6) is 2.85. The van der Waals surface area contributed by atoms with Gasteiger partial charge in [-0.05, 0) is 16.6 Å². The lowest BCUT2D eigenvalue weighted by Crippen LogP contribution is -2.43. The predicted molar refractivity (Wildman–Crippen MR) is 88.0 cm³/mol. The van der Waals surface area contributed by atoms with Crippen LogP contribution in [0.1, 0.15) is 55.4 Å². The van der Waals surface area contributed by atoms with Gasteiger partial charge < -0.3 is 9.47 Å². The van der Waals surface area contributed by atoms with E-state index in [1.165, 1.54) is 0 Å². The molecule has 0 radical (unpaired) electrons. The Morgan fingerprint density at radius 2 is 1.55 bits per heavy atom. The summed E-state index contributed by atoms with van der Waals surface area (Å²) in [5.41, 5.74) is 6.60. The van der Waals surface area contributed by atoms with Gasteiger partial charge >= 0.3 is 0 Å². The van der Waals surface area contributed by atoms with E-state index < -0.39 is 13.9 Å². The van der Waals surface area contributed by atoms with Gasteiger partial charge in [-0.1, -0.05) is 47.5 Å². The van der Waals surface area contributed by atoms with Crippen LogP contribution >= 0.6 is 0 Å². The van der Waals surface area contributed by atoms with Crippen LogP contribution in [0.15, 0.2) is 11.8 Å². The molecular formula is C17H30O2Si. The van der Waals surface area contributed by atoms with Crippen LogP contribution in [0, 0.1) is 11.5 Å². The summed E-state index contributed by atoms with van der Waals surface area (Å²) < 4.78 is 11.2. The molecule has 20 heavy (non-hydrogen) atoms. The number of rotatable bonds is 3. The fourth-order valence-electron chi connectivity index (χ4n) is 3.22. The largest absolute Gasteiger partial charge is 0.470 e. The molecule has 0 bridgehead atoms. The van der Waals surface area contributed by atoms with Crippen molar-refractivity contribution in [2.75, 3.05) is 6.61 Å². The summed E-state index contributed by atoms with van der Waals surface area (Å²) in [4.78, 5) is 0. The third-order valence-electron chi connectivity index (χ3n) is 4.37. The maximum atomic E-state index is 5.65. The van der Waals surface area contributed by atoms with Crippen molar-refractivity contribution in [2.45, 2.75) is 77.8 Å². The highest BCUT2D eigenvalue weighted by Crippen LogP contribution is 2.40. The zero-order chi connectivity index (χ0) is 15.6. The van der Waals surface area contributed by atoms with Crippen LogP contribution in [0.25, 0.3) is 0 Å². The van der Waals surface area contributed by atoms with Crippen LogP contribution in [0.4, 0.5) is 0 Å². The zero-order valence-electron chi connectivity index (χ0n) is 14.3. The highest BCUT2D eigenvalue weighted by atomic mass is 28.3. The van der Waals surface area contributed by atoms with Crippen LogP contribution in [0.5, 0.6) is 0 Å². The maximum absolute atomic E-state index is 5.65. The van der Waals surface area contributed by atoms with E-state index in [-0.39, 0.29) is 0 Å². The minimum absolute atomic E-state index is 0.520. The molecule has 0 atom stereocenters. The predicted octanol–water partition coefficient (Wildman–Crippen LogP) is 4.87. The Labute approximate surface area is 125 Å². The number of hydrogen-bond donors (Lipinski definition) is 0. The fraction of sp³-hybridized carbons (Fsp3) is 0.765. The summed E-state index contributed by atoms with van der Waals surface area (Å²) in [6.07, 6.45) is 1.77. The summed E-state index contributed by atoms with van der Waals surface area (Å²) in [6, 6.07) is 0. The quantitative estimate of drug-likeness (QED) is 0.546. The zero-order valence-corrected chi connectivity index (χ0v) is 15.3. The fourth-order valence-corrected chi connectivity index (χ4v) is 8.46. The third-order valence-corrected chi connectivity index (χ3v) is 10.7. The first-order chi connectivity index (χ1) is 9.12. The molecule has 0 saturated carbocycles. The van der Waals surface area contributed by atoms with Crippen molar-refractivity contribution in [3.63, 3.8) is 0 Å². The van der Waals surface area contributed by atoms with Gasteiger partial charge in [-0.3, -0.25) is 0 Å². The lowest BCUT2D eigenvalue weighted by atomic mass is 10.3. The minimum Gasteiger partial charge on any atom is -0.470 e. The molecule has 1 heterocycles. The van der Waals surface area contributed by atoms with Crippen molar-refractivity contribution in [1.82, 2.24) is 0 Å². The van der Waals surface area contributed by atoms with Gasteiger partial charge in [0.2, 0.25) is 5.79 Å². The molecule has 1 rings (SSSR count). The van der Waals surface area contributed by atoms with Crippen LogP contribution < -0.4 is 0 Å². The molecule has 3 heteroatoms. The molecule has 0 saturated heterocycles. The summed E-state index contributed by atoms with van der Waals surface area (Å²) in [7, 11) is -1.66. The van der Waals surface area contributed by atoms with Gasteiger partial charge in [0.05, 0.1) is 12.2 Å². The smallest absolute Gasteiger partial charge is 0.204 e. The molecule has 0 N–H and O–H groups in total. The normalized spacial score (nSPS) is 18.6. The van der Waals surface area contributed by atoms with Gasteiger partial charge in [-0.15, -0.1) is 5.54 Å². The Kier molecular flexibility index (Phi) is 5.51. The summed E-state index contributed by atoms with van der Waals surface area (Å²) in [6.45, 7) is 18.3. The molecule has 1 aliphatic rings. The first-order valence-corrected chi connectivity index (χ1v) is 9.89. The van der Waals surface area contributed by atoms with E-state index in [4.69, 9.17) is 9.47 Å². The SMILES string of the molecule is CC(C)[Si](C#CC1=COC(C)(C)OC1)(C(C)C)C(C)C. The number of hydrogen-bond acceptors (Lipinski definition) is 2. The molecule has 0 amide bonds. The molecule has 1 aliphatic heterocycles. The molecule has 2 nitrogen and oxygen atoms in total. The highest BCUT2D eigenvalue weighted by molar-refractivity contribution is 6.90. The first kappa shape index (κ1) is 17.3. The average molecular weight is 295 g/mol. The summed E-state index contributed by atoms with van der Waals surface area (Å²) in [5, 5.41) is 0. The van der Waals surface area contributed by atoms with Gasteiger partial charge in [-0.25, -0.2) is 0 Å². The van der Waals surface area contributed by atoms with E-state index in [9.17, 15) is 0 Å². The van der Waals surface area contributed by atoms with Gasteiger partial charge in [-0.2, -0.15) is 0 Å². The Balaban J connectivity index is 3.04. The van der Waals surface area contributed by atoms with Crippen molar-refractivity contribution >= 4 is 8.07 Å². The molecule has 114 valence electrons. The minimum atomic E-state index is -1.66. The standard InChI is InChI=1S/C17H30O2Si/c1-13(2)20(14(3)4,15(5)6)10-9-16-11-18-17(7,8)19-12-16/h11,13-15H,12H2,1-8H3. The van der Waals surface area contributed by atoms with E-state index in [0.29, 0.717) is 23.2 Å². The first-order valence-electron chi connectivity index (χ1n) is 7.65. The Hall–Kier alpha value is -0.723. The molecule has 0 aromatic rings. The van der Waals surface area contributed by atoms with Crippen LogP contribution in [0.2, 0.25) is 16.6 Å². The molecule has 0 aromatic heterocycles. The third kappa shape index (κ3) is 3.68. The monoisotopic (exact) mass is 294 g/mol. The van der Waals surface area contributed by atoms with Crippen LogP contribution in [-0.4, -0.2) is 20.5 Å². The van der Waals surface area contributed by atoms with Crippen molar-refractivity contribution < 1.29 is 9.47 Å². The van der Waals surface area contributed by atoms with Gasteiger partial charge in [0, 0.05) is 13.8 Å². The molecular weight excluding hydrogens is 264 g/mol. The topological polar surface area (TPSA) is 18.5 Å². The van der Waals surface area contributed by atoms with E-state index in [0.717, 1.165) is 5.57 Å². The van der Waals surface area contributed by atoms with E-state index >= 15 is 0 Å². The molecule has 0 spiro atoms. The second-order valence-electron chi connectivity index (χ2n) is 7.10. The van der Waals surface area contributed by atoms with Gasteiger partial charge in [0.25, 0.3) is 0 Å². The Morgan fingerprint density at radius 3 is 1.90 bits per heavy atom. The van der Waals surface area contributed by atoms with Crippen molar-refractivity contribution in [2.24, 2.45) is 0 Å². The van der Waals surface area contributed by atoms with E-state index in [2.05, 4.69) is 53.0 Å². The molecule has 0 unspecified atom stereocenters. The Morgan fingerprint density at radius 1 is 1.05 bits per heavy atom. The van der Waals surface area contributed by atoms with Crippen molar-refractivity contribution in [1.29, 1.82) is 0 Å². The van der Waals surface area contributed by atoms with Crippen LogP contribution in [-0.2, 0) is 9.47 Å². The average Bonchev–Trinajstić information content (AvgIpc) is 2.30. The second kappa shape index (κ2) is 6.36. The lowest BCUT2D eigenvalue weighted by molar-refractivity contribution is -0.187. The van der Waals surface area contributed by atoms with Crippen molar-refractivity contribution in [3.8, 4) is 11.5 Å². The Bertz CT molecular complexity index is 400. The molecule has 0 aliphatic carbocycles. The maximum Gasteiger partial charge on any atom is 0.204 e. The summed E-state index contributed by atoms with van der Waals surface area (Å²) >= 11 is 0.